The van der Waals surface area contributed by atoms with E-state index in [0.29, 0.717) is 0 Å². The van der Waals surface area contributed by atoms with Crippen molar-refractivity contribution in [3.63, 3.8) is 0 Å². The molecular formula is C17H18. The Morgan fingerprint density at radius 2 is 1.59 bits per heavy atom. The summed E-state index contributed by atoms with van der Waals surface area (Å²) < 4.78 is 0. The predicted molar refractivity (Wildman–Crippen MR) is 73.6 cm³/mol. The maximum atomic E-state index is 2.33. The SMILES string of the molecule is Cc1cc(C)c2c(c1C)Cc1cccc(C)c1-2. The van der Waals surface area contributed by atoms with Gasteiger partial charge in [-0.05, 0) is 78.6 Å². The van der Waals surface area contributed by atoms with E-state index in [9.17, 15) is 0 Å². The molecule has 2 aromatic carbocycles. The number of hydrogen-bond donors (Lipinski definition) is 0. The number of aryl methyl sites for hydroxylation is 3. The van der Waals surface area contributed by atoms with Crippen molar-refractivity contribution in [3.05, 3.63) is 57.6 Å². The maximum Gasteiger partial charge on any atom is -0.00105 e. The van der Waals surface area contributed by atoms with Crippen LogP contribution in [0.25, 0.3) is 11.1 Å². The molecule has 0 nitrogen and oxygen atoms in total. The Balaban J connectivity index is 2.40. The van der Waals surface area contributed by atoms with Crippen molar-refractivity contribution < 1.29 is 0 Å². The highest BCUT2D eigenvalue weighted by molar-refractivity contribution is 5.83. The summed E-state index contributed by atoms with van der Waals surface area (Å²) in [5.41, 5.74) is 11.8. The van der Waals surface area contributed by atoms with E-state index in [-0.39, 0.29) is 0 Å². The molecule has 0 unspecified atom stereocenters. The van der Waals surface area contributed by atoms with Crippen LogP contribution in [0.2, 0.25) is 0 Å². The summed E-state index contributed by atoms with van der Waals surface area (Å²) in [5, 5.41) is 0. The van der Waals surface area contributed by atoms with Gasteiger partial charge in [0, 0.05) is 0 Å². The molecule has 0 spiro atoms. The fourth-order valence-corrected chi connectivity index (χ4v) is 3.16. The zero-order chi connectivity index (χ0) is 12.2. The molecule has 1 aliphatic carbocycles. The van der Waals surface area contributed by atoms with E-state index in [2.05, 4.69) is 52.0 Å². The molecule has 0 aliphatic heterocycles. The number of rotatable bonds is 0. The normalized spacial score (nSPS) is 12.5. The fraction of sp³-hybridized carbons (Fsp3) is 0.294. The summed E-state index contributed by atoms with van der Waals surface area (Å²) in [5.74, 6) is 0. The average molecular weight is 222 g/mol. The van der Waals surface area contributed by atoms with Gasteiger partial charge in [0.25, 0.3) is 0 Å². The Labute approximate surface area is 103 Å². The number of benzene rings is 2. The first-order chi connectivity index (χ1) is 8.09. The van der Waals surface area contributed by atoms with Crippen LogP contribution in [-0.2, 0) is 6.42 Å². The maximum absolute atomic E-state index is 2.33. The second-order valence-corrected chi connectivity index (χ2v) is 5.27. The van der Waals surface area contributed by atoms with Crippen LogP contribution in [-0.4, -0.2) is 0 Å². The van der Waals surface area contributed by atoms with Crippen LogP contribution >= 0.6 is 0 Å². The van der Waals surface area contributed by atoms with Crippen LogP contribution in [0.3, 0.4) is 0 Å². The predicted octanol–water partition coefficient (Wildman–Crippen LogP) is 4.49. The molecular weight excluding hydrogens is 204 g/mol. The van der Waals surface area contributed by atoms with E-state index in [4.69, 9.17) is 0 Å². The van der Waals surface area contributed by atoms with Gasteiger partial charge in [-0.1, -0.05) is 24.3 Å². The van der Waals surface area contributed by atoms with Crippen LogP contribution in [0.4, 0.5) is 0 Å². The summed E-state index contributed by atoms with van der Waals surface area (Å²) in [6.45, 7) is 8.95. The number of hydrogen-bond acceptors (Lipinski definition) is 0. The fourth-order valence-electron chi connectivity index (χ4n) is 3.16. The lowest BCUT2D eigenvalue weighted by Gasteiger charge is -2.12. The first-order valence-corrected chi connectivity index (χ1v) is 6.28. The summed E-state index contributed by atoms with van der Waals surface area (Å²) in [4.78, 5) is 0. The zero-order valence-electron chi connectivity index (χ0n) is 11.0. The van der Waals surface area contributed by atoms with Gasteiger partial charge >= 0.3 is 0 Å². The molecule has 0 fully saturated rings. The molecule has 86 valence electrons. The summed E-state index contributed by atoms with van der Waals surface area (Å²) >= 11 is 0. The average Bonchev–Trinajstić information content (AvgIpc) is 2.67. The summed E-state index contributed by atoms with van der Waals surface area (Å²) in [6, 6.07) is 9.01. The van der Waals surface area contributed by atoms with Gasteiger partial charge in [0.15, 0.2) is 0 Å². The van der Waals surface area contributed by atoms with Crippen molar-refractivity contribution in [2.75, 3.05) is 0 Å². The quantitative estimate of drug-likeness (QED) is 0.525. The third-order valence-electron chi connectivity index (χ3n) is 4.15. The molecule has 17 heavy (non-hydrogen) atoms. The third-order valence-corrected chi connectivity index (χ3v) is 4.15. The topological polar surface area (TPSA) is 0 Å². The van der Waals surface area contributed by atoms with Gasteiger partial charge in [-0.25, -0.2) is 0 Å². The highest BCUT2D eigenvalue weighted by atomic mass is 14.3. The molecule has 0 atom stereocenters. The van der Waals surface area contributed by atoms with Crippen molar-refractivity contribution in [2.24, 2.45) is 0 Å². The molecule has 0 heteroatoms. The van der Waals surface area contributed by atoms with Gasteiger partial charge in [-0.15, -0.1) is 0 Å². The molecule has 0 bridgehead atoms. The highest BCUT2D eigenvalue weighted by Gasteiger charge is 2.23. The van der Waals surface area contributed by atoms with Gasteiger partial charge in [0.05, 0.1) is 0 Å². The smallest absolute Gasteiger partial charge is 0.00105 e. The summed E-state index contributed by atoms with van der Waals surface area (Å²) in [7, 11) is 0. The molecule has 0 radical (unpaired) electrons. The van der Waals surface area contributed by atoms with Gasteiger partial charge in [-0.3, -0.25) is 0 Å². The lowest BCUT2D eigenvalue weighted by Crippen LogP contribution is -1.93. The third kappa shape index (κ3) is 1.37. The van der Waals surface area contributed by atoms with E-state index in [0.717, 1.165) is 6.42 Å². The van der Waals surface area contributed by atoms with Crippen molar-refractivity contribution in [2.45, 2.75) is 34.1 Å². The first-order valence-electron chi connectivity index (χ1n) is 6.28. The van der Waals surface area contributed by atoms with Gasteiger partial charge in [-0.2, -0.15) is 0 Å². The monoisotopic (exact) mass is 222 g/mol. The minimum Gasteiger partial charge on any atom is -0.0617 e. The second kappa shape index (κ2) is 3.46. The Hall–Kier alpha value is -1.56. The second-order valence-electron chi connectivity index (χ2n) is 5.27. The van der Waals surface area contributed by atoms with Gasteiger partial charge in [0.2, 0.25) is 0 Å². The lowest BCUT2D eigenvalue weighted by molar-refractivity contribution is 1.18. The molecule has 0 saturated carbocycles. The molecule has 2 aromatic rings. The van der Waals surface area contributed by atoms with Gasteiger partial charge in [0.1, 0.15) is 0 Å². The van der Waals surface area contributed by atoms with Gasteiger partial charge < -0.3 is 0 Å². The lowest BCUT2D eigenvalue weighted by atomic mass is 9.92. The minimum atomic E-state index is 1.11. The van der Waals surface area contributed by atoms with E-state index >= 15 is 0 Å². The van der Waals surface area contributed by atoms with Crippen LogP contribution < -0.4 is 0 Å². The molecule has 0 saturated heterocycles. The standard InChI is InChI=1S/C17H18/c1-10-6-5-7-14-9-15-13(4)11(2)8-12(3)17(15)16(10)14/h5-8H,9H2,1-4H3. The van der Waals surface area contributed by atoms with Crippen molar-refractivity contribution >= 4 is 0 Å². The minimum absolute atomic E-state index is 1.11. The van der Waals surface area contributed by atoms with E-state index in [1.807, 2.05) is 0 Å². The van der Waals surface area contributed by atoms with E-state index in [1.165, 1.54) is 38.9 Å². The van der Waals surface area contributed by atoms with E-state index < -0.39 is 0 Å². The Bertz CT molecular complexity index is 618. The van der Waals surface area contributed by atoms with Crippen molar-refractivity contribution in [3.8, 4) is 11.1 Å². The molecule has 0 N–H and O–H groups in total. The Kier molecular flexibility index (Phi) is 2.16. The molecule has 1 aliphatic rings. The van der Waals surface area contributed by atoms with Crippen LogP contribution in [0.1, 0.15) is 33.4 Å². The zero-order valence-corrected chi connectivity index (χ0v) is 11.0. The van der Waals surface area contributed by atoms with Crippen molar-refractivity contribution in [1.82, 2.24) is 0 Å². The molecule has 0 aromatic heterocycles. The Morgan fingerprint density at radius 1 is 0.824 bits per heavy atom. The summed E-state index contributed by atoms with van der Waals surface area (Å²) in [6.07, 6.45) is 1.11. The number of fused-ring (bicyclic) bond motifs is 3. The largest absolute Gasteiger partial charge is 0.0617 e. The Morgan fingerprint density at radius 3 is 2.35 bits per heavy atom. The van der Waals surface area contributed by atoms with E-state index in [1.54, 1.807) is 5.56 Å². The van der Waals surface area contributed by atoms with Crippen LogP contribution in [0.5, 0.6) is 0 Å². The first kappa shape index (κ1) is 10.6. The highest BCUT2D eigenvalue weighted by Crippen LogP contribution is 2.42. The van der Waals surface area contributed by atoms with Crippen LogP contribution in [0.15, 0.2) is 24.3 Å². The molecule has 0 heterocycles. The van der Waals surface area contributed by atoms with Crippen LogP contribution in [0, 0.1) is 27.7 Å². The van der Waals surface area contributed by atoms with Crippen molar-refractivity contribution in [1.29, 1.82) is 0 Å². The molecule has 3 rings (SSSR count). The molecule has 0 amide bonds.